The summed E-state index contributed by atoms with van der Waals surface area (Å²) in [6.45, 7) is 4.27. The summed E-state index contributed by atoms with van der Waals surface area (Å²) in [7, 11) is -1.11. The van der Waals surface area contributed by atoms with E-state index in [2.05, 4.69) is 13.8 Å². The van der Waals surface area contributed by atoms with Crippen molar-refractivity contribution in [3.05, 3.63) is 58.6 Å². The van der Waals surface area contributed by atoms with Crippen LogP contribution < -0.4 is 5.73 Å². The van der Waals surface area contributed by atoms with Crippen molar-refractivity contribution in [2.45, 2.75) is 30.4 Å². The second-order valence-corrected chi connectivity index (χ2v) is 6.92. The number of halogens is 1. The van der Waals surface area contributed by atoms with E-state index < -0.39 is 10.8 Å². The predicted octanol–water partition coefficient (Wildman–Crippen LogP) is 4.35. The summed E-state index contributed by atoms with van der Waals surface area (Å²) in [6, 6.07) is 13.2. The molecule has 106 valence electrons. The van der Waals surface area contributed by atoms with Gasteiger partial charge in [-0.25, -0.2) is 0 Å². The minimum atomic E-state index is -1.11. The van der Waals surface area contributed by atoms with Crippen LogP contribution in [-0.4, -0.2) is 4.21 Å². The van der Waals surface area contributed by atoms with Gasteiger partial charge in [-0.1, -0.05) is 37.6 Å². The molecule has 2 nitrogen and oxygen atoms in total. The van der Waals surface area contributed by atoms with Crippen LogP contribution in [0, 0.1) is 0 Å². The summed E-state index contributed by atoms with van der Waals surface area (Å²) >= 11 is 6.10. The molecule has 2 N–H and O–H groups in total. The molecule has 1 unspecified atom stereocenters. The maximum atomic E-state index is 12.4. The molecular formula is C16H18ClNOS. The van der Waals surface area contributed by atoms with E-state index in [9.17, 15) is 4.21 Å². The molecule has 0 spiro atoms. The van der Waals surface area contributed by atoms with Crippen molar-refractivity contribution in [1.82, 2.24) is 0 Å². The van der Waals surface area contributed by atoms with Crippen LogP contribution in [0.15, 0.2) is 47.4 Å². The molecule has 0 aliphatic rings. The van der Waals surface area contributed by atoms with Gasteiger partial charge in [0.15, 0.2) is 0 Å². The van der Waals surface area contributed by atoms with Gasteiger partial charge < -0.3 is 5.73 Å². The van der Waals surface area contributed by atoms with E-state index in [0.29, 0.717) is 22.4 Å². The molecule has 0 saturated heterocycles. The average Bonchev–Trinajstić information content (AvgIpc) is 2.43. The fourth-order valence-electron chi connectivity index (χ4n) is 1.93. The first-order chi connectivity index (χ1) is 9.47. The molecule has 2 aromatic carbocycles. The zero-order valence-corrected chi connectivity index (χ0v) is 13.2. The molecule has 2 aromatic rings. The Morgan fingerprint density at radius 2 is 1.80 bits per heavy atom. The molecule has 0 aliphatic carbocycles. The van der Waals surface area contributed by atoms with Gasteiger partial charge >= 0.3 is 0 Å². The Morgan fingerprint density at radius 1 is 1.15 bits per heavy atom. The Bertz CT molecular complexity index is 623. The number of anilines is 1. The third kappa shape index (κ3) is 3.62. The Morgan fingerprint density at radius 3 is 2.40 bits per heavy atom. The van der Waals surface area contributed by atoms with E-state index >= 15 is 0 Å². The van der Waals surface area contributed by atoms with Gasteiger partial charge in [0, 0.05) is 15.6 Å². The monoisotopic (exact) mass is 307 g/mol. The Balaban J connectivity index is 2.17. The van der Waals surface area contributed by atoms with E-state index in [0.717, 1.165) is 10.5 Å². The number of nitrogen functional groups attached to an aromatic ring is 1. The van der Waals surface area contributed by atoms with Crippen LogP contribution in [0.1, 0.15) is 30.9 Å². The van der Waals surface area contributed by atoms with Gasteiger partial charge in [0.2, 0.25) is 0 Å². The van der Waals surface area contributed by atoms with Crippen molar-refractivity contribution >= 4 is 28.1 Å². The molecular weight excluding hydrogens is 290 g/mol. The van der Waals surface area contributed by atoms with Crippen LogP contribution in [0.2, 0.25) is 5.02 Å². The summed E-state index contributed by atoms with van der Waals surface area (Å²) in [5, 5.41) is 0.603. The third-order valence-electron chi connectivity index (χ3n) is 3.17. The second kappa shape index (κ2) is 6.42. The van der Waals surface area contributed by atoms with Gasteiger partial charge in [0.1, 0.15) is 0 Å². The largest absolute Gasteiger partial charge is 0.399 e. The summed E-state index contributed by atoms with van der Waals surface area (Å²) < 4.78 is 12.4. The Kier molecular flexibility index (Phi) is 4.84. The molecule has 0 heterocycles. The average molecular weight is 308 g/mol. The van der Waals surface area contributed by atoms with Gasteiger partial charge in [-0.15, -0.1) is 0 Å². The number of rotatable bonds is 4. The Labute approximate surface area is 127 Å². The standard InChI is InChI=1S/C16H18ClNOS/c1-11(2)12-3-6-15(7-4-12)20(19)10-13-9-14(18)5-8-16(13)17/h3-9,11H,10,18H2,1-2H3. The zero-order chi connectivity index (χ0) is 14.7. The van der Waals surface area contributed by atoms with Crippen LogP contribution in [0.3, 0.4) is 0 Å². The molecule has 0 saturated carbocycles. The van der Waals surface area contributed by atoms with Crippen molar-refractivity contribution in [3.63, 3.8) is 0 Å². The van der Waals surface area contributed by atoms with E-state index in [1.807, 2.05) is 24.3 Å². The van der Waals surface area contributed by atoms with Gasteiger partial charge in [0.25, 0.3) is 0 Å². The van der Waals surface area contributed by atoms with Crippen molar-refractivity contribution in [2.24, 2.45) is 0 Å². The highest BCUT2D eigenvalue weighted by molar-refractivity contribution is 7.84. The molecule has 20 heavy (non-hydrogen) atoms. The lowest BCUT2D eigenvalue weighted by atomic mass is 10.0. The molecule has 1 atom stereocenters. The summed E-state index contributed by atoms with van der Waals surface area (Å²) in [5.74, 6) is 0.853. The van der Waals surface area contributed by atoms with E-state index in [1.165, 1.54) is 5.56 Å². The molecule has 2 rings (SSSR count). The fourth-order valence-corrected chi connectivity index (χ4v) is 3.33. The maximum absolute atomic E-state index is 12.4. The Hall–Kier alpha value is -1.32. The molecule has 0 fully saturated rings. The second-order valence-electron chi connectivity index (χ2n) is 5.06. The van der Waals surface area contributed by atoms with E-state index in [4.69, 9.17) is 17.3 Å². The third-order valence-corrected chi connectivity index (χ3v) is 4.91. The van der Waals surface area contributed by atoms with Gasteiger partial charge in [0.05, 0.1) is 16.6 Å². The minimum absolute atomic E-state index is 0.380. The van der Waals surface area contributed by atoms with Gasteiger partial charge in [-0.05, 0) is 47.4 Å². The van der Waals surface area contributed by atoms with Crippen molar-refractivity contribution in [3.8, 4) is 0 Å². The fraction of sp³-hybridized carbons (Fsp3) is 0.250. The van der Waals surface area contributed by atoms with Crippen LogP contribution in [0.25, 0.3) is 0 Å². The van der Waals surface area contributed by atoms with Crippen molar-refractivity contribution in [2.75, 3.05) is 5.73 Å². The molecule has 0 radical (unpaired) electrons. The number of nitrogens with two attached hydrogens (primary N) is 1. The normalized spacial score (nSPS) is 12.6. The first-order valence-corrected chi connectivity index (χ1v) is 8.19. The number of hydrogen-bond donors (Lipinski definition) is 1. The van der Waals surface area contributed by atoms with Crippen LogP contribution in [0.4, 0.5) is 5.69 Å². The van der Waals surface area contributed by atoms with E-state index in [-0.39, 0.29) is 0 Å². The smallest absolute Gasteiger partial charge is 0.0574 e. The highest BCUT2D eigenvalue weighted by Crippen LogP contribution is 2.23. The minimum Gasteiger partial charge on any atom is -0.399 e. The van der Waals surface area contributed by atoms with Gasteiger partial charge in [-0.2, -0.15) is 0 Å². The molecule has 0 aliphatic heterocycles. The summed E-state index contributed by atoms with van der Waals surface area (Å²) in [5.41, 5.74) is 8.43. The first kappa shape index (κ1) is 15.1. The number of benzene rings is 2. The lowest BCUT2D eigenvalue weighted by Gasteiger charge is -2.08. The highest BCUT2D eigenvalue weighted by Gasteiger charge is 2.09. The first-order valence-electron chi connectivity index (χ1n) is 6.49. The van der Waals surface area contributed by atoms with Crippen LogP contribution >= 0.6 is 11.6 Å². The molecule has 0 aromatic heterocycles. The van der Waals surface area contributed by atoms with Gasteiger partial charge in [-0.3, -0.25) is 4.21 Å². The highest BCUT2D eigenvalue weighted by atomic mass is 35.5. The predicted molar refractivity (Wildman–Crippen MR) is 86.5 cm³/mol. The molecule has 0 bridgehead atoms. The van der Waals surface area contributed by atoms with Crippen molar-refractivity contribution in [1.29, 1.82) is 0 Å². The topological polar surface area (TPSA) is 43.1 Å². The quantitative estimate of drug-likeness (QED) is 0.853. The van der Waals surface area contributed by atoms with Crippen LogP contribution in [0.5, 0.6) is 0 Å². The summed E-state index contributed by atoms with van der Waals surface area (Å²) in [6.07, 6.45) is 0. The molecule has 4 heteroatoms. The van der Waals surface area contributed by atoms with E-state index in [1.54, 1.807) is 18.2 Å². The SMILES string of the molecule is CC(C)c1ccc(S(=O)Cc2cc(N)ccc2Cl)cc1. The lowest BCUT2D eigenvalue weighted by molar-refractivity contribution is 0.682. The molecule has 0 amide bonds. The number of hydrogen-bond acceptors (Lipinski definition) is 2. The van der Waals surface area contributed by atoms with Crippen molar-refractivity contribution < 1.29 is 4.21 Å². The zero-order valence-electron chi connectivity index (χ0n) is 11.6. The maximum Gasteiger partial charge on any atom is 0.0574 e. The lowest BCUT2D eigenvalue weighted by Crippen LogP contribution is -1.99. The summed E-state index contributed by atoms with van der Waals surface area (Å²) in [4.78, 5) is 0.813. The van der Waals surface area contributed by atoms with Crippen LogP contribution in [-0.2, 0) is 16.6 Å².